The lowest BCUT2D eigenvalue weighted by atomic mass is 10.2. The summed E-state index contributed by atoms with van der Waals surface area (Å²) in [6.45, 7) is 1.97. The minimum Gasteiger partial charge on any atom is -0.458 e. The van der Waals surface area contributed by atoms with Crippen molar-refractivity contribution in [2.45, 2.75) is 6.92 Å². The number of esters is 1. The van der Waals surface area contributed by atoms with Crippen molar-refractivity contribution in [3.8, 4) is 0 Å². The monoisotopic (exact) mass is 221 g/mol. The number of non-ortho nitro benzene ring substituents is 1. The highest BCUT2D eigenvalue weighted by atomic mass is 16.6. The number of allylic oxidation sites excluding steroid dienone is 1. The smallest absolute Gasteiger partial charge is 0.338 e. The number of nitrogens with zero attached hydrogens (tertiary/aromatic N) is 1. The summed E-state index contributed by atoms with van der Waals surface area (Å²) in [4.78, 5) is 21.3. The van der Waals surface area contributed by atoms with Crippen LogP contribution in [0.4, 0.5) is 5.69 Å². The Morgan fingerprint density at radius 2 is 2.31 bits per heavy atom. The Morgan fingerprint density at radius 3 is 2.94 bits per heavy atom. The highest BCUT2D eigenvalue weighted by molar-refractivity contribution is 5.90. The van der Waals surface area contributed by atoms with E-state index in [0.717, 1.165) is 0 Å². The van der Waals surface area contributed by atoms with Gasteiger partial charge in [0.1, 0.15) is 6.61 Å². The molecular weight excluding hydrogens is 210 g/mol. The maximum absolute atomic E-state index is 11.4. The number of hydrogen-bond acceptors (Lipinski definition) is 4. The fourth-order valence-electron chi connectivity index (χ4n) is 1.05. The van der Waals surface area contributed by atoms with E-state index in [-0.39, 0.29) is 17.9 Å². The second-order valence-electron chi connectivity index (χ2n) is 2.97. The Kier molecular flexibility index (Phi) is 4.20. The molecule has 0 fully saturated rings. The second-order valence-corrected chi connectivity index (χ2v) is 2.97. The third kappa shape index (κ3) is 3.20. The van der Waals surface area contributed by atoms with Crippen molar-refractivity contribution < 1.29 is 14.5 Å². The Labute approximate surface area is 92.5 Å². The van der Waals surface area contributed by atoms with Gasteiger partial charge in [-0.3, -0.25) is 10.1 Å². The van der Waals surface area contributed by atoms with Crippen molar-refractivity contribution in [1.29, 1.82) is 0 Å². The molecule has 0 saturated heterocycles. The van der Waals surface area contributed by atoms with E-state index in [1.807, 2.05) is 0 Å². The molecular formula is C11H11NO4. The molecule has 0 unspecified atom stereocenters. The van der Waals surface area contributed by atoms with Crippen molar-refractivity contribution >= 4 is 11.7 Å². The molecule has 0 saturated carbocycles. The van der Waals surface area contributed by atoms with Gasteiger partial charge in [0.15, 0.2) is 0 Å². The average Bonchev–Trinajstić information content (AvgIpc) is 2.29. The Balaban J connectivity index is 2.75. The third-order valence-electron chi connectivity index (χ3n) is 1.84. The molecule has 5 heteroatoms. The van der Waals surface area contributed by atoms with Gasteiger partial charge < -0.3 is 4.74 Å². The standard InChI is InChI=1S/C11H11NO4/c1-2-3-7-16-11(13)9-5-4-6-10(8-9)12(14)15/h2-6,8H,7H2,1H3/b3-2+. The number of nitro benzene ring substituents is 1. The summed E-state index contributed by atoms with van der Waals surface area (Å²) in [5.41, 5.74) is 0.0548. The number of ether oxygens (including phenoxy) is 1. The van der Waals surface area contributed by atoms with E-state index >= 15 is 0 Å². The largest absolute Gasteiger partial charge is 0.458 e. The van der Waals surface area contributed by atoms with Gasteiger partial charge in [0.2, 0.25) is 0 Å². The summed E-state index contributed by atoms with van der Waals surface area (Å²) < 4.78 is 4.85. The molecule has 0 N–H and O–H groups in total. The van der Waals surface area contributed by atoms with Gasteiger partial charge >= 0.3 is 5.97 Å². The normalized spacial score (nSPS) is 10.3. The Bertz CT molecular complexity index is 426. The lowest BCUT2D eigenvalue weighted by molar-refractivity contribution is -0.384. The van der Waals surface area contributed by atoms with Gasteiger partial charge in [0.05, 0.1) is 10.5 Å². The van der Waals surface area contributed by atoms with E-state index < -0.39 is 10.9 Å². The van der Waals surface area contributed by atoms with Crippen LogP contribution in [0.5, 0.6) is 0 Å². The number of rotatable bonds is 4. The quantitative estimate of drug-likeness (QED) is 0.338. The molecule has 16 heavy (non-hydrogen) atoms. The second kappa shape index (κ2) is 5.65. The van der Waals surface area contributed by atoms with Crippen LogP contribution in [-0.4, -0.2) is 17.5 Å². The predicted octanol–water partition coefficient (Wildman–Crippen LogP) is 2.33. The van der Waals surface area contributed by atoms with E-state index in [4.69, 9.17) is 4.74 Å². The summed E-state index contributed by atoms with van der Waals surface area (Å²) in [6.07, 6.45) is 3.43. The van der Waals surface area contributed by atoms with Crippen LogP contribution in [0.25, 0.3) is 0 Å². The predicted molar refractivity (Wildman–Crippen MR) is 58.2 cm³/mol. The number of nitro groups is 1. The highest BCUT2D eigenvalue weighted by Gasteiger charge is 2.11. The molecule has 0 amide bonds. The van der Waals surface area contributed by atoms with E-state index in [2.05, 4.69) is 0 Å². The minimum absolute atomic E-state index is 0.125. The first kappa shape index (κ1) is 11.9. The molecule has 0 radical (unpaired) electrons. The molecule has 0 heterocycles. The van der Waals surface area contributed by atoms with Gasteiger partial charge in [0.25, 0.3) is 5.69 Å². The van der Waals surface area contributed by atoms with Crippen LogP contribution in [0.2, 0.25) is 0 Å². The highest BCUT2D eigenvalue weighted by Crippen LogP contribution is 2.13. The van der Waals surface area contributed by atoms with Gasteiger partial charge in [-0.2, -0.15) is 0 Å². The fourth-order valence-corrected chi connectivity index (χ4v) is 1.05. The maximum atomic E-state index is 11.4. The van der Waals surface area contributed by atoms with Crippen molar-refractivity contribution in [1.82, 2.24) is 0 Å². The van der Waals surface area contributed by atoms with E-state index in [9.17, 15) is 14.9 Å². The van der Waals surface area contributed by atoms with Crippen molar-refractivity contribution in [2.24, 2.45) is 0 Å². The molecule has 0 aliphatic heterocycles. The molecule has 0 aromatic heterocycles. The van der Waals surface area contributed by atoms with Gasteiger partial charge in [-0.05, 0) is 13.0 Å². The van der Waals surface area contributed by atoms with Crippen LogP contribution < -0.4 is 0 Å². The van der Waals surface area contributed by atoms with Crippen molar-refractivity contribution in [2.75, 3.05) is 6.61 Å². The number of benzene rings is 1. The molecule has 0 atom stereocenters. The van der Waals surface area contributed by atoms with Gasteiger partial charge in [0, 0.05) is 12.1 Å². The average molecular weight is 221 g/mol. The summed E-state index contributed by atoms with van der Waals surface area (Å²) >= 11 is 0. The molecule has 0 spiro atoms. The zero-order chi connectivity index (χ0) is 12.0. The lowest BCUT2D eigenvalue weighted by Crippen LogP contribution is -2.05. The van der Waals surface area contributed by atoms with Gasteiger partial charge in [-0.15, -0.1) is 0 Å². The zero-order valence-electron chi connectivity index (χ0n) is 8.75. The zero-order valence-corrected chi connectivity index (χ0v) is 8.75. The molecule has 84 valence electrons. The van der Waals surface area contributed by atoms with Crippen LogP contribution in [0.3, 0.4) is 0 Å². The SMILES string of the molecule is C/C=C/COC(=O)c1cccc([N+](=O)[O-])c1. The van der Waals surface area contributed by atoms with Crippen LogP contribution >= 0.6 is 0 Å². The van der Waals surface area contributed by atoms with Crippen LogP contribution in [-0.2, 0) is 4.74 Å². The third-order valence-corrected chi connectivity index (χ3v) is 1.84. The summed E-state index contributed by atoms with van der Waals surface area (Å²) in [6, 6.07) is 5.44. The number of carbonyl (C=O) groups excluding carboxylic acids is 1. The van der Waals surface area contributed by atoms with Gasteiger partial charge in [-0.1, -0.05) is 18.2 Å². The molecule has 1 aromatic carbocycles. The summed E-state index contributed by atoms with van der Waals surface area (Å²) in [5, 5.41) is 10.5. The van der Waals surface area contributed by atoms with E-state index in [1.165, 1.54) is 24.3 Å². The Hall–Kier alpha value is -2.17. The number of carbonyl (C=O) groups is 1. The topological polar surface area (TPSA) is 69.4 Å². The molecule has 1 rings (SSSR count). The summed E-state index contributed by atoms with van der Waals surface area (Å²) in [7, 11) is 0. The van der Waals surface area contributed by atoms with Crippen LogP contribution in [0.1, 0.15) is 17.3 Å². The van der Waals surface area contributed by atoms with Crippen LogP contribution in [0, 0.1) is 10.1 Å². The fraction of sp³-hybridized carbons (Fsp3) is 0.182. The first-order chi connectivity index (χ1) is 7.65. The summed E-state index contributed by atoms with van der Waals surface area (Å²) in [5.74, 6) is -0.568. The first-order valence-corrected chi connectivity index (χ1v) is 4.68. The number of hydrogen-bond donors (Lipinski definition) is 0. The minimum atomic E-state index is -0.568. The lowest BCUT2D eigenvalue weighted by Gasteiger charge is -2.01. The molecule has 0 bridgehead atoms. The molecule has 1 aromatic rings. The molecule has 5 nitrogen and oxygen atoms in total. The first-order valence-electron chi connectivity index (χ1n) is 4.68. The Morgan fingerprint density at radius 1 is 1.56 bits per heavy atom. The van der Waals surface area contributed by atoms with E-state index in [0.29, 0.717) is 0 Å². The molecule has 0 aliphatic carbocycles. The van der Waals surface area contributed by atoms with Gasteiger partial charge in [-0.25, -0.2) is 4.79 Å². The van der Waals surface area contributed by atoms with Crippen molar-refractivity contribution in [3.05, 3.63) is 52.1 Å². The molecule has 0 aliphatic rings. The maximum Gasteiger partial charge on any atom is 0.338 e. The van der Waals surface area contributed by atoms with Crippen molar-refractivity contribution in [3.63, 3.8) is 0 Å². The van der Waals surface area contributed by atoms with Crippen LogP contribution in [0.15, 0.2) is 36.4 Å². The van der Waals surface area contributed by atoms with E-state index in [1.54, 1.807) is 19.1 Å².